The average molecular weight is 359 g/mol. The molecule has 2 aromatic carbocycles. The zero-order chi connectivity index (χ0) is 18.5. The Morgan fingerprint density at radius 2 is 2.08 bits per heavy atom. The molecular weight excluding hydrogens is 337 g/mol. The smallest absolute Gasteiger partial charge is 0.223 e. The number of hydrogen-bond donors (Lipinski definition) is 0. The van der Waals surface area contributed by atoms with E-state index in [0.29, 0.717) is 31.7 Å². The maximum atomic E-state index is 14.2. The number of nitrogens with zero attached hydrogens (tertiary/aromatic N) is 1. The third kappa shape index (κ3) is 3.90. The number of ether oxygens (including phenoxy) is 3. The van der Waals surface area contributed by atoms with Crippen LogP contribution in [0.25, 0.3) is 0 Å². The van der Waals surface area contributed by atoms with Gasteiger partial charge in [-0.3, -0.25) is 4.79 Å². The summed E-state index contributed by atoms with van der Waals surface area (Å²) >= 11 is 0. The van der Waals surface area contributed by atoms with Crippen LogP contribution in [0.5, 0.6) is 17.2 Å². The van der Waals surface area contributed by atoms with Crippen molar-refractivity contribution in [3.05, 3.63) is 53.3 Å². The molecular formula is C20H22FNO4. The molecule has 1 heterocycles. The summed E-state index contributed by atoms with van der Waals surface area (Å²) in [6, 6.07) is 10.6. The first-order valence-electron chi connectivity index (χ1n) is 8.51. The lowest BCUT2D eigenvalue weighted by Gasteiger charge is -2.20. The van der Waals surface area contributed by atoms with Crippen LogP contribution in [0.2, 0.25) is 0 Å². The molecule has 2 aromatic rings. The van der Waals surface area contributed by atoms with Crippen molar-refractivity contribution in [1.82, 2.24) is 4.90 Å². The molecule has 0 atom stereocenters. The lowest BCUT2D eigenvalue weighted by atomic mass is 10.1. The predicted octanol–water partition coefficient (Wildman–Crippen LogP) is 3.20. The van der Waals surface area contributed by atoms with Gasteiger partial charge in [0.25, 0.3) is 0 Å². The molecule has 0 bridgehead atoms. The van der Waals surface area contributed by atoms with Gasteiger partial charge in [0.05, 0.1) is 20.8 Å². The SMILES string of the molecule is COc1ccc2c(c1)OCCN(C(=O)CCc1cccc(OC)c1F)C2. The molecule has 0 saturated carbocycles. The van der Waals surface area contributed by atoms with Gasteiger partial charge in [0.1, 0.15) is 18.1 Å². The summed E-state index contributed by atoms with van der Waals surface area (Å²) in [7, 11) is 3.03. The number of fused-ring (bicyclic) bond motifs is 1. The van der Waals surface area contributed by atoms with Crippen LogP contribution in [0.1, 0.15) is 17.5 Å². The second kappa shape index (κ2) is 8.08. The summed E-state index contributed by atoms with van der Waals surface area (Å²) in [6.45, 7) is 1.38. The minimum Gasteiger partial charge on any atom is -0.497 e. The zero-order valence-corrected chi connectivity index (χ0v) is 15.0. The number of benzene rings is 2. The van der Waals surface area contributed by atoms with Crippen molar-refractivity contribution >= 4 is 5.91 Å². The molecule has 138 valence electrons. The lowest BCUT2D eigenvalue weighted by Crippen LogP contribution is -2.32. The van der Waals surface area contributed by atoms with Crippen molar-refractivity contribution in [3.8, 4) is 17.2 Å². The fraction of sp³-hybridized carbons (Fsp3) is 0.350. The molecule has 1 aliphatic rings. The second-order valence-electron chi connectivity index (χ2n) is 6.07. The van der Waals surface area contributed by atoms with E-state index in [-0.39, 0.29) is 18.1 Å². The fourth-order valence-electron chi connectivity index (χ4n) is 3.00. The molecule has 0 saturated heterocycles. The van der Waals surface area contributed by atoms with Gasteiger partial charge < -0.3 is 19.1 Å². The molecule has 3 rings (SSSR count). The highest BCUT2D eigenvalue weighted by atomic mass is 19.1. The first-order valence-corrected chi connectivity index (χ1v) is 8.51. The van der Waals surface area contributed by atoms with Gasteiger partial charge in [0, 0.05) is 24.6 Å². The van der Waals surface area contributed by atoms with Crippen LogP contribution in [-0.2, 0) is 17.8 Å². The third-order valence-electron chi connectivity index (χ3n) is 4.48. The van der Waals surface area contributed by atoms with Gasteiger partial charge >= 0.3 is 0 Å². The summed E-state index contributed by atoms with van der Waals surface area (Å²) in [5, 5.41) is 0. The van der Waals surface area contributed by atoms with E-state index in [1.807, 2.05) is 18.2 Å². The number of carbonyl (C=O) groups excluding carboxylic acids is 1. The van der Waals surface area contributed by atoms with Crippen molar-refractivity contribution in [1.29, 1.82) is 0 Å². The Labute approximate surface area is 152 Å². The number of rotatable bonds is 5. The van der Waals surface area contributed by atoms with E-state index in [4.69, 9.17) is 14.2 Å². The van der Waals surface area contributed by atoms with Crippen LogP contribution in [0.4, 0.5) is 4.39 Å². The standard InChI is InChI=1S/C20H22FNO4/c1-24-16-8-6-15-13-22(10-11-26-18(15)12-16)19(23)9-7-14-4-3-5-17(25-2)20(14)21/h3-6,8,12H,7,9-11,13H2,1-2H3. The van der Waals surface area contributed by atoms with Gasteiger partial charge in [-0.1, -0.05) is 12.1 Å². The van der Waals surface area contributed by atoms with Crippen LogP contribution in [-0.4, -0.2) is 38.2 Å². The molecule has 5 nitrogen and oxygen atoms in total. The summed E-state index contributed by atoms with van der Waals surface area (Å²) in [5.41, 5.74) is 1.41. The molecule has 0 aliphatic carbocycles. The molecule has 6 heteroatoms. The van der Waals surface area contributed by atoms with Gasteiger partial charge in [-0.15, -0.1) is 0 Å². The molecule has 26 heavy (non-hydrogen) atoms. The van der Waals surface area contributed by atoms with Crippen molar-refractivity contribution in [2.24, 2.45) is 0 Å². The Hall–Kier alpha value is -2.76. The Balaban J connectivity index is 1.66. The van der Waals surface area contributed by atoms with Crippen LogP contribution in [0.15, 0.2) is 36.4 Å². The van der Waals surface area contributed by atoms with Gasteiger partial charge in [-0.2, -0.15) is 0 Å². The molecule has 1 amide bonds. The minimum absolute atomic E-state index is 0.0283. The highest BCUT2D eigenvalue weighted by molar-refractivity contribution is 5.76. The number of halogens is 1. The van der Waals surface area contributed by atoms with E-state index < -0.39 is 5.82 Å². The topological polar surface area (TPSA) is 48.0 Å². The van der Waals surface area contributed by atoms with E-state index in [0.717, 1.165) is 17.1 Å². The van der Waals surface area contributed by atoms with E-state index >= 15 is 0 Å². The summed E-state index contributed by atoms with van der Waals surface area (Å²) in [5.74, 6) is 1.22. The zero-order valence-electron chi connectivity index (χ0n) is 15.0. The van der Waals surface area contributed by atoms with Gasteiger partial charge in [-0.05, 0) is 30.2 Å². The highest BCUT2D eigenvalue weighted by Gasteiger charge is 2.21. The molecule has 0 unspecified atom stereocenters. The fourth-order valence-corrected chi connectivity index (χ4v) is 3.00. The van der Waals surface area contributed by atoms with Gasteiger partial charge in [-0.25, -0.2) is 4.39 Å². The predicted molar refractivity (Wildman–Crippen MR) is 95.2 cm³/mol. The Bertz CT molecular complexity index is 793. The first kappa shape index (κ1) is 18.0. The number of amides is 1. The molecule has 0 N–H and O–H groups in total. The minimum atomic E-state index is -0.403. The normalized spacial score (nSPS) is 13.4. The van der Waals surface area contributed by atoms with Crippen LogP contribution in [0, 0.1) is 5.82 Å². The Kier molecular flexibility index (Phi) is 5.61. The highest BCUT2D eigenvalue weighted by Crippen LogP contribution is 2.28. The average Bonchev–Trinajstić information content (AvgIpc) is 2.88. The third-order valence-corrected chi connectivity index (χ3v) is 4.48. The van der Waals surface area contributed by atoms with Gasteiger partial charge in [0.2, 0.25) is 5.91 Å². The summed E-state index contributed by atoms with van der Waals surface area (Å²) in [6.07, 6.45) is 0.560. The van der Waals surface area contributed by atoms with Crippen molar-refractivity contribution in [2.45, 2.75) is 19.4 Å². The van der Waals surface area contributed by atoms with E-state index in [2.05, 4.69) is 0 Å². The maximum absolute atomic E-state index is 14.2. The Morgan fingerprint density at radius 1 is 1.23 bits per heavy atom. The van der Waals surface area contributed by atoms with Crippen molar-refractivity contribution < 1.29 is 23.4 Å². The lowest BCUT2D eigenvalue weighted by molar-refractivity contribution is -0.131. The number of methoxy groups -OCH3 is 2. The molecule has 0 radical (unpaired) electrons. The van der Waals surface area contributed by atoms with Gasteiger partial charge in [0.15, 0.2) is 11.6 Å². The first-order chi connectivity index (χ1) is 12.6. The summed E-state index contributed by atoms with van der Waals surface area (Å²) < 4.78 is 30.1. The Morgan fingerprint density at radius 3 is 2.85 bits per heavy atom. The number of aryl methyl sites for hydroxylation is 1. The monoisotopic (exact) mass is 359 g/mol. The van der Waals surface area contributed by atoms with Crippen molar-refractivity contribution in [2.75, 3.05) is 27.4 Å². The molecule has 0 aromatic heterocycles. The largest absolute Gasteiger partial charge is 0.497 e. The van der Waals surface area contributed by atoms with Crippen LogP contribution >= 0.6 is 0 Å². The molecule has 0 fully saturated rings. The molecule has 0 spiro atoms. The maximum Gasteiger partial charge on any atom is 0.223 e. The van der Waals surface area contributed by atoms with E-state index in [1.165, 1.54) is 7.11 Å². The van der Waals surface area contributed by atoms with E-state index in [9.17, 15) is 9.18 Å². The number of carbonyl (C=O) groups is 1. The summed E-state index contributed by atoms with van der Waals surface area (Å²) in [4.78, 5) is 14.4. The quantitative estimate of drug-likeness (QED) is 0.823. The van der Waals surface area contributed by atoms with Crippen LogP contribution in [0.3, 0.4) is 0 Å². The van der Waals surface area contributed by atoms with Crippen LogP contribution < -0.4 is 14.2 Å². The second-order valence-corrected chi connectivity index (χ2v) is 6.07. The van der Waals surface area contributed by atoms with E-state index in [1.54, 1.807) is 30.2 Å². The number of hydrogen-bond acceptors (Lipinski definition) is 4. The van der Waals surface area contributed by atoms with Crippen molar-refractivity contribution in [3.63, 3.8) is 0 Å². The molecule has 1 aliphatic heterocycles.